The molecule has 10 heavy (non-hydrogen) atoms. The van der Waals surface area contributed by atoms with Crippen LogP contribution in [0.2, 0.25) is 0 Å². The highest BCUT2D eigenvalue weighted by atomic mass is 16.5. The number of ether oxygens (including phenoxy) is 1. The van der Waals surface area contributed by atoms with Crippen LogP contribution >= 0.6 is 0 Å². The molecule has 1 atom stereocenters. The Labute approximate surface area is 63.2 Å². The Morgan fingerprint density at radius 3 is 2.50 bits per heavy atom. The third-order valence-corrected chi connectivity index (χ3v) is 1.83. The molecule has 2 nitrogen and oxygen atoms in total. The maximum absolute atomic E-state index is 9.49. The van der Waals surface area contributed by atoms with Gasteiger partial charge in [-0.05, 0) is 26.2 Å². The summed E-state index contributed by atoms with van der Waals surface area (Å²) in [5.41, 5.74) is -0.488. The van der Waals surface area contributed by atoms with Gasteiger partial charge in [0.15, 0.2) is 0 Å². The second kappa shape index (κ2) is 4.69. The van der Waals surface area contributed by atoms with Crippen LogP contribution in [-0.2, 0) is 4.74 Å². The van der Waals surface area contributed by atoms with Crippen LogP contribution in [0.15, 0.2) is 0 Å². The number of hydrogen-bond acceptors (Lipinski definition) is 2. The van der Waals surface area contributed by atoms with Crippen molar-refractivity contribution in [2.75, 3.05) is 13.7 Å². The van der Waals surface area contributed by atoms with Gasteiger partial charge < -0.3 is 9.84 Å². The van der Waals surface area contributed by atoms with Crippen LogP contribution in [0.4, 0.5) is 0 Å². The van der Waals surface area contributed by atoms with E-state index in [0.717, 1.165) is 25.9 Å². The van der Waals surface area contributed by atoms with Gasteiger partial charge in [-0.15, -0.1) is 0 Å². The molecule has 0 aliphatic rings. The zero-order chi connectivity index (χ0) is 8.04. The van der Waals surface area contributed by atoms with E-state index in [2.05, 4.69) is 0 Å². The lowest BCUT2D eigenvalue weighted by Gasteiger charge is -2.20. The van der Waals surface area contributed by atoms with E-state index in [4.69, 9.17) is 4.74 Å². The number of rotatable bonds is 5. The van der Waals surface area contributed by atoms with Gasteiger partial charge in [-0.1, -0.05) is 6.92 Å². The topological polar surface area (TPSA) is 29.5 Å². The second-order valence-electron chi connectivity index (χ2n) is 2.95. The molecule has 0 aromatic carbocycles. The molecule has 0 aromatic heterocycles. The van der Waals surface area contributed by atoms with E-state index in [0.29, 0.717) is 0 Å². The molecule has 2 heteroatoms. The maximum Gasteiger partial charge on any atom is 0.0618 e. The van der Waals surface area contributed by atoms with Gasteiger partial charge in [0.25, 0.3) is 0 Å². The number of aliphatic hydroxyl groups is 1. The highest BCUT2D eigenvalue weighted by Gasteiger charge is 2.15. The minimum atomic E-state index is -0.488. The molecular weight excluding hydrogens is 128 g/mol. The molecule has 1 unspecified atom stereocenters. The van der Waals surface area contributed by atoms with Gasteiger partial charge in [-0.2, -0.15) is 0 Å². The lowest BCUT2D eigenvalue weighted by molar-refractivity contribution is 0.0370. The number of hydrogen-bond donors (Lipinski definition) is 1. The standard InChI is InChI=1S/C8H18O2/c1-4-8(2,9)6-5-7-10-3/h9H,4-7H2,1-3H3. The lowest BCUT2D eigenvalue weighted by atomic mass is 9.98. The van der Waals surface area contributed by atoms with Crippen LogP contribution < -0.4 is 0 Å². The average molecular weight is 146 g/mol. The molecule has 0 aliphatic heterocycles. The van der Waals surface area contributed by atoms with Crippen LogP contribution in [0.25, 0.3) is 0 Å². The maximum atomic E-state index is 9.49. The molecule has 1 N–H and O–H groups in total. The van der Waals surface area contributed by atoms with Gasteiger partial charge in [-0.3, -0.25) is 0 Å². The molecule has 0 heterocycles. The Balaban J connectivity index is 3.28. The SMILES string of the molecule is CCC(C)(O)CCCOC. The third kappa shape index (κ3) is 4.77. The van der Waals surface area contributed by atoms with Crippen LogP contribution in [0, 0.1) is 0 Å². The van der Waals surface area contributed by atoms with Gasteiger partial charge in [0, 0.05) is 13.7 Å². The van der Waals surface area contributed by atoms with E-state index < -0.39 is 5.60 Å². The fourth-order valence-corrected chi connectivity index (χ4v) is 0.774. The Bertz CT molecular complexity index is 79.3. The second-order valence-corrected chi connectivity index (χ2v) is 2.95. The molecule has 0 saturated carbocycles. The summed E-state index contributed by atoms with van der Waals surface area (Å²) >= 11 is 0. The molecule has 0 spiro atoms. The van der Waals surface area contributed by atoms with Crippen LogP contribution in [-0.4, -0.2) is 24.4 Å². The Morgan fingerprint density at radius 2 is 2.10 bits per heavy atom. The van der Waals surface area contributed by atoms with Crippen molar-refractivity contribution >= 4 is 0 Å². The van der Waals surface area contributed by atoms with Crippen molar-refractivity contribution < 1.29 is 9.84 Å². The van der Waals surface area contributed by atoms with Crippen molar-refractivity contribution in [3.63, 3.8) is 0 Å². The van der Waals surface area contributed by atoms with E-state index in [1.54, 1.807) is 7.11 Å². The molecule has 0 saturated heterocycles. The Morgan fingerprint density at radius 1 is 1.50 bits per heavy atom. The summed E-state index contributed by atoms with van der Waals surface area (Å²) in [6, 6.07) is 0. The lowest BCUT2D eigenvalue weighted by Crippen LogP contribution is -2.22. The molecule has 0 radical (unpaired) electrons. The summed E-state index contributed by atoms with van der Waals surface area (Å²) in [5.74, 6) is 0. The van der Waals surface area contributed by atoms with E-state index in [9.17, 15) is 5.11 Å². The summed E-state index contributed by atoms with van der Waals surface area (Å²) in [7, 11) is 1.68. The molecular formula is C8H18O2. The van der Waals surface area contributed by atoms with Gasteiger partial charge in [-0.25, -0.2) is 0 Å². The molecule has 0 fully saturated rings. The fraction of sp³-hybridized carbons (Fsp3) is 1.00. The average Bonchev–Trinajstić information content (AvgIpc) is 1.89. The van der Waals surface area contributed by atoms with Crippen LogP contribution in [0.3, 0.4) is 0 Å². The largest absolute Gasteiger partial charge is 0.390 e. The first kappa shape index (κ1) is 9.92. The van der Waals surface area contributed by atoms with Gasteiger partial charge in [0.05, 0.1) is 5.60 Å². The van der Waals surface area contributed by atoms with Gasteiger partial charge >= 0.3 is 0 Å². The first-order valence-corrected chi connectivity index (χ1v) is 3.83. The summed E-state index contributed by atoms with van der Waals surface area (Å²) < 4.78 is 4.87. The summed E-state index contributed by atoms with van der Waals surface area (Å²) in [6.07, 6.45) is 2.59. The zero-order valence-electron chi connectivity index (χ0n) is 7.18. The summed E-state index contributed by atoms with van der Waals surface area (Å²) in [5, 5.41) is 9.49. The quantitative estimate of drug-likeness (QED) is 0.597. The monoisotopic (exact) mass is 146 g/mol. The van der Waals surface area contributed by atoms with Crippen LogP contribution in [0.5, 0.6) is 0 Å². The smallest absolute Gasteiger partial charge is 0.0618 e. The first-order valence-electron chi connectivity index (χ1n) is 3.83. The molecule has 0 rings (SSSR count). The zero-order valence-corrected chi connectivity index (χ0v) is 7.18. The normalized spacial score (nSPS) is 16.8. The molecule has 0 aliphatic carbocycles. The van der Waals surface area contributed by atoms with Crippen molar-refractivity contribution in [3.05, 3.63) is 0 Å². The van der Waals surface area contributed by atoms with Crippen molar-refractivity contribution in [1.29, 1.82) is 0 Å². The summed E-state index contributed by atoms with van der Waals surface area (Å²) in [6.45, 7) is 4.60. The predicted octanol–water partition coefficient (Wildman–Crippen LogP) is 1.57. The minimum Gasteiger partial charge on any atom is -0.390 e. The highest BCUT2D eigenvalue weighted by Crippen LogP contribution is 2.15. The fourth-order valence-electron chi connectivity index (χ4n) is 0.774. The van der Waals surface area contributed by atoms with E-state index >= 15 is 0 Å². The van der Waals surface area contributed by atoms with E-state index in [-0.39, 0.29) is 0 Å². The number of methoxy groups -OCH3 is 1. The van der Waals surface area contributed by atoms with E-state index in [1.165, 1.54) is 0 Å². The Hall–Kier alpha value is -0.0800. The molecule has 0 aromatic rings. The van der Waals surface area contributed by atoms with Gasteiger partial charge in [0.1, 0.15) is 0 Å². The highest BCUT2D eigenvalue weighted by molar-refractivity contribution is 4.69. The van der Waals surface area contributed by atoms with Crippen molar-refractivity contribution in [3.8, 4) is 0 Å². The van der Waals surface area contributed by atoms with Gasteiger partial charge in [0.2, 0.25) is 0 Å². The predicted molar refractivity (Wildman–Crippen MR) is 42.0 cm³/mol. The van der Waals surface area contributed by atoms with Crippen LogP contribution in [0.1, 0.15) is 33.1 Å². The molecule has 62 valence electrons. The van der Waals surface area contributed by atoms with Crippen molar-refractivity contribution in [1.82, 2.24) is 0 Å². The summed E-state index contributed by atoms with van der Waals surface area (Å²) in [4.78, 5) is 0. The van der Waals surface area contributed by atoms with Crippen molar-refractivity contribution in [2.24, 2.45) is 0 Å². The first-order chi connectivity index (χ1) is 4.62. The molecule has 0 bridgehead atoms. The Kier molecular flexibility index (Phi) is 4.65. The third-order valence-electron chi connectivity index (χ3n) is 1.83. The van der Waals surface area contributed by atoms with Crippen molar-refractivity contribution in [2.45, 2.75) is 38.7 Å². The molecule has 0 amide bonds. The van der Waals surface area contributed by atoms with E-state index in [1.807, 2.05) is 13.8 Å². The minimum absolute atomic E-state index is 0.488.